The van der Waals surface area contributed by atoms with Gasteiger partial charge in [0.25, 0.3) is 5.91 Å². The quantitative estimate of drug-likeness (QED) is 0.894. The smallest absolute Gasteiger partial charge is 0.251 e. The lowest BCUT2D eigenvalue weighted by Crippen LogP contribution is -2.32. The van der Waals surface area contributed by atoms with Crippen LogP contribution >= 0.6 is 11.6 Å². The topological polar surface area (TPSA) is 38.3 Å². The number of carbonyl (C=O) groups excluding carboxylic acids is 1. The summed E-state index contributed by atoms with van der Waals surface area (Å²) >= 11 is 5.64. The number of halogens is 2. The highest BCUT2D eigenvalue weighted by atomic mass is 35.5. The van der Waals surface area contributed by atoms with E-state index in [2.05, 4.69) is 5.32 Å². The lowest BCUT2D eigenvalue weighted by molar-refractivity contribution is 0.0919. The van der Waals surface area contributed by atoms with Crippen LogP contribution in [0.3, 0.4) is 0 Å². The van der Waals surface area contributed by atoms with Crippen molar-refractivity contribution in [3.05, 3.63) is 34.6 Å². The number of amides is 1. The summed E-state index contributed by atoms with van der Waals surface area (Å²) in [7, 11) is 1.65. The Labute approximate surface area is 110 Å². The zero-order valence-electron chi connectivity index (χ0n) is 10.1. The van der Waals surface area contributed by atoms with E-state index in [1.807, 2.05) is 0 Å². The van der Waals surface area contributed by atoms with Gasteiger partial charge >= 0.3 is 0 Å². The van der Waals surface area contributed by atoms with Crippen molar-refractivity contribution >= 4 is 17.5 Å². The van der Waals surface area contributed by atoms with E-state index < -0.39 is 5.82 Å². The van der Waals surface area contributed by atoms with Crippen LogP contribution in [0.4, 0.5) is 4.39 Å². The highest BCUT2D eigenvalue weighted by molar-refractivity contribution is 6.31. The number of hydrogen-bond acceptors (Lipinski definition) is 2. The van der Waals surface area contributed by atoms with Crippen LogP contribution in [0.15, 0.2) is 18.2 Å². The summed E-state index contributed by atoms with van der Waals surface area (Å²) in [5.41, 5.74) is 0.462. The molecule has 0 atom stereocenters. The Balaban J connectivity index is 1.93. The summed E-state index contributed by atoms with van der Waals surface area (Å²) in [6, 6.07) is 3.95. The number of methoxy groups -OCH3 is 1. The molecule has 98 valence electrons. The Morgan fingerprint density at radius 2 is 2.28 bits per heavy atom. The molecule has 1 amide bonds. The Morgan fingerprint density at radius 1 is 1.56 bits per heavy atom. The van der Waals surface area contributed by atoms with E-state index in [0.29, 0.717) is 18.7 Å². The average molecular weight is 272 g/mol. The Kier molecular flexibility index (Phi) is 3.88. The fraction of sp³-hybridized carbons (Fsp3) is 0.462. The molecule has 0 unspecified atom stereocenters. The normalized spacial score (nSPS) is 16.4. The highest BCUT2D eigenvalue weighted by Crippen LogP contribution is 2.45. The molecular formula is C13H15ClFNO2. The van der Waals surface area contributed by atoms with Gasteiger partial charge in [-0.1, -0.05) is 11.6 Å². The molecule has 0 bridgehead atoms. The molecule has 1 fully saturated rings. The molecule has 0 spiro atoms. The van der Waals surface area contributed by atoms with Gasteiger partial charge in [-0.3, -0.25) is 4.79 Å². The first-order valence-corrected chi connectivity index (χ1v) is 6.16. The minimum absolute atomic E-state index is 0.0410. The Bertz CT molecular complexity index is 460. The molecule has 1 N–H and O–H groups in total. The van der Waals surface area contributed by atoms with Gasteiger partial charge < -0.3 is 10.1 Å². The number of hydrogen-bond donors (Lipinski definition) is 1. The van der Waals surface area contributed by atoms with Crippen LogP contribution in [0.1, 0.15) is 23.2 Å². The number of benzene rings is 1. The van der Waals surface area contributed by atoms with Crippen molar-refractivity contribution in [2.24, 2.45) is 5.41 Å². The van der Waals surface area contributed by atoms with E-state index in [9.17, 15) is 9.18 Å². The van der Waals surface area contributed by atoms with Gasteiger partial charge in [-0.25, -0.2) is 4.39 Å². The summed E-state index contributed by atoms with van der Waals surface area (Å²) in [5, 5.41) is 2.79. The summed E-state index contributed by atoms with van der Waals surface area (Å²) in [6.07, 6.45) is 2.12. The predicted molar refractivity (Wildman–Crippen MR) is 67.3 cm³/mol. The molecule has 1 aromatic carbocycles. The molecule has 0 aliphatic heterocycles. The molecule has 0 radical (unpaired) electrons. The molecule has 18 heavy (non-hydrogen) atoms. The monoisotopic (exact) mass is 271 g/mol. The van der Waals surface area contributed by atoms with Gasteiger partial charge in [-0.2, -0.15) is 0 Å². The van der Waals surface area contributed by atoms with Gasteiger partial charge in [-0.15, -0.1) is 0 Å². The molecular weight excluding hydrogens is 257 g/mol. The number of ether oxygens (including phenoxy) is 1. The minimum Gasteiger partial charge on any atom is -0.384 e. The van der Waals surface area contributed by atoms with Crippen LogP contribution in [0.2, 0.25) is 5.02 Å². The van der Waals surface area contributed by atoms with Crippen molar-refractivity contribution in [2.45, 2.75) is 12.8 Å². The van der Waals surface area contributed by atoms with E-state index >= 15 is 0 Å². The van der Waals surface area contributed by atoms with E-state index in [4.69, 9.17) is 16.3 Å². The van der Waals surface area contributed by atoms with Crippen molar-refractivity contribution in [1.82, 2.24) is 5.32 Å². The molecule has 5 heteroatoms. The fourth-order valence-corrected chi connectivity index (χ4v) is 2.04. The first-order valence-electron chi connectivity index (χ1n) is 5.78. The Morgan fingerprint density at radius 3 is 2.83 bits per heavy atom. The van der Waals surface area contributed by atoms with E-state index in [-0.39, 0.29) is 16.3 Å². The molecule has 0 saturated heterocycles. The molecule has 2 rings (SSSR count). The molecule has 0 aromatic heterocycles. The Hall–Kier alpha value is -1.13. The maximum Gasteiger partial charge on any atom is 0.251 e. The standard InChI is InChI=1S/C13H15ClFNO2/c1-18-8-13(4-5-13)7-16-12(17)9-2-3-11(15)10(14)6-9/h2-3,6H,4-5,7-8H2,1H3,(H,16,17). The molecule has 0 heterocycles. The van der Waals surface area contributed by atoms with Crippen molar-refractivity contribution in [3.63, 3.8) is 0 Å². The first-order chi connectivity index (χ1) is 8.56. The van der Waals surface area contributed by atoms with E-state index in [0.717, 1.165) is 12.8 Å². The predicted octanol–water partition coefficient (Wildman–Crippen LogP) is 2.64. The second-order valence-corrected chi connectivity index (χ2v) is 5.15. The third kappa shape index (κ3) is 3.00. The van der Waals surface area contributed by atoms with Crippen molar-refractivity contribution < 1.29 is 13.9 Å². The van der Waals surface area contributed by atoms with Gasteiger partial charge in [0.1, 0.15) is 5.82 Å². The first kappa shape index (κ1) is 13.3. The number of rotatable bonds is 5. The average Bonchev–Trinajstić information content (AvgIpc) is 3.11. The molecule has 1 aromatic rings. The molecule has 3 nitrogen and oxygen atoms in total. The molecule has 1 aliphatic rings. The highest BCUT2D eigenvalue weighted by Gasteiger charge is 2.42. The third-order valence-electron chi connectivity index (χ3n) is 3.21. The van der Waals surface area contributed by atoms with Crippen LogP contribution < -0.4 is 5.32 Å². The van der Waals surface area contributed by atoms with E-state index in [1.54, 1.807) is 7.11 Å². The maximum atomic E-state index is 13.0. The fourth-order valence-electron chi connectivity index (χ4n) is 1.86. The van der Waals surface area contributed by atoms with Crippen molar-refractivity contribution in [2.75, 3.05) is 20.3 Å². The maximum absolute atomic E-state index is 13.0. The molecule has 1 aliphatic carbocycles. The van der Waals surface area contributed by atoms with Gasteiger partial charge in [0.2, 0.25) is 0 Å². The second-order valence-electron chi connectivity index (χ2n) is 4.74. The summed E-state index contributed by atoms with van der Waals surface area (Å²) < 4.78 is 18.1. The van der Waals surface area contributed by atoms with E-state index in [1.165, 1.54) is 18.2 Å². The third-order valence-corrected chi connectivity index (χ3v) is 3.50. The molecule has 1 saturated carbocycles. The summed E-state index contributed by atoms with van der Waals surface area (Å²) in [4.78, 5) is 11.9. The lowest BCUT2D eigenvalue weighted by atomic mass is 10.1. The van der Waals surface area contributed by atoms with Gasteiger partial charge in [0, 0.05) is 24.6 Å². The van der Waals surface area contributed by atoms with Crippen LogP contribution in [0.5, 0.6) is 0 Å². The number of nitrogens with one attached hydrogen (secondary N) is 1. The summed E-state index contributed by atoms with van der Waals surface area (Å²) in [5.74, 6) is -0.759. The lowest BCUT2D eigenvalue weighted by Gasteiger charge is -2.14. The zero-order valence-corrected chi connectivity index (χ0v) is 10.9. The van der Waals surface area contributed by atoms with Crippen LogP contribution in [-0.2, 0) is 4.74 Å². The van der Waals surface area contributed by atoms with Crippen molar-refractivity contribution in [3.8, 4) is 0 Å². The van der Waals surface area contributed by atoms with Crippen LogP contribution in [-0.4, -0.2) is 26.2 Å². The van der Waals surface area contributed by atoms with Gasteiger partial charge in [0.05, 0.1) is 11.6 Å². The largest absolute Gasteiger partial charge is 0.384 e. The van der Waals surface area contributed by atoms with Crippen molar-refractivity contribution in [1.29, 1.82) is 0 Å². The second kappa shape index (κ2) is 5.24. The van der Waals surface area contributed by atoms with Crippen LogP contribution in [0.25, 0.3) is 0 Å². The minimum atomic E-state index is -0.522. The van der Waals surface area contributed by atoms with Gasteiger partial charge in [-0.05, 0) is 31.0 Å². The number of carbonyl (C=O) groups is 1. The summed E-state index contributed by atoms with van der Waals surface area (Å²) in [6.45, 7) is 1.23. The zero-order chi connectivity index (χ0) is 13.2. The van der Waals surface area contributed by atoms with Crippen LogP contribution in [0, 0.1) is 11.2 Å². The SMILES string of the molecule is COCC1(CNC(=O)c2ccc(F)c(Cl)c2)CC1. The van der Waals surface area contributed by atoms with Gasteiger partial charge in [0.15, 0.2) is 0 Å².